The Morgan fingerprint density at radius 1 is 0.962 bits per heavy atom. The second-order valence-electron chi connectivity index (χ2n) is 5.51. The molecule has 0 unspecified atom stereocenters. The van der Waals surface area contributed by atoms with Crippen molar-refractivity contribution in [3.05, 3.63) is 59.9 Å². The molecule has 3 N–H and O–H groups in total. The van der Waals surface area contributed by atoms with Gasteiger partial charge in [-0.2, -0.15) is 0 Å². The smallest absolute Gasteiger partial charge is 0.241 e. The molecule has 138 valence electrons. The van der Waals surface area contributed by atoms with Gasteiger partial charge in [0.1, 0.15) is 0 Å². The van der Waals surface area contributed by atoms with Crippen LogP contribution in [0.5, 0.6) is 0 Å². The minimum Gasteiger partial charge on any atom is -0.349 e. The molecule has 0 fully saturated rings. The summed E-state index contributed by atoms with van der Waals surface area (Å²) < 4.78 is 26.3. The zero-order valence-corrected chi connectivity index (χ0v) is 15.0. The van der Waals surface area contributed by atoms with Crippen molar-refractivity contribution in [2.75, 3.05) is 13.1 Å². The topological polar surface area (TPSA) is 117 Å². The Morgan fingerprint density at radius 3 is 2.31 bits per heavy atom. The molecule has 2 rings (SSSR count). The molecule has 0 saturated heterocycles. The summed E-state index contributed by atoms with van der Waals surface area (Å²) in [5.74, 6) is -1.00. The summed E-state index contributed by atoms with van der Waals surface area (Å²) in [5.41, 5.74) is 1.62. The number of amides is 2. The van der Waals surface area contributed by atoms with Crippen LogP contribution in [0.15, 0.2) is 53.6 Å². The fraction of sp³-hybridized carbons (Fsp3) is 0.235. The molecular formula is C17H20N4O4S. The number of pyridine rings is 1. The van der Waals surface area contributed by atoms with Crippen molar-refractivity contribution in [2.24, 2.45) is 0 Å². The minimum atomic E-state index is -3.78. The summed E-state index contributed by atoms with van der Waals surface area (Å²) in [7, 11) is -3.78. The van der Waals surface area contributed by atoms with E-state index >= 15 is 0 Å². The number of aryl methyl sites for hydroxylation is 1. The Kier molecular flexibility index (Phi) is 6.81. The molecule has 0 atom stereocenters. The predicted octanol–water partition coefficient (Wildman–Crippen LogP) is 0.101. The van der Waals surface area contributed by atoms with Gasteiger partial charge in [-0.15, -0.1) is 0 Å². The van der Waals surface area contributed by atoms with Crippen LogP contribution in [-0.2, 0) is 26.2 Å². The minimum absolute atomic E-state index is 0.0732. The van der Waals surface area contributed by atoms with Crippen molar-refractivity contribution in [3.63, 3.8) is 0 Å². The van der Waals surface area contributed by atoms with Gasteiger partial charge in [0.15, 0.2) is 0 Å². The third kappa shape index (κ3) is 6.26. The molecule has 0 saturated carbocycles. The highest BCUT2D eigenvalue weighted by atomic mass is 32.2. The van der Waals surface area contributed by atoms with Crippen molar-refractivity contribution in [3.8, 4) is 0 Å². The van der Waals surface area contributed by atoms with Crippen LogP contribution >= 0.6 is 0 Å². The van der Waals surface area contributed by atoms with Crippen LogP contribution in [0.2, 0.25) is 0 Å². The van der Waals surface area contributed by atoms with E-state index in [0.29, 0.717) is 5.69 Å². The second kappa shape index (κ2) is 9.07. The van der Waals surface area contributed by atoms with Gasteiger partial charge in [0.05, 0.1) is 30.2 Å². The van der Waals surface area contributed by atoms with Crippen LogP contribution in [0.3, 0.4) is 0 Å². The highest BCUT2D eigenvalue weighted by Crippen LogP contribution is 2.09. The molecule has 2 aromatic rings. The number of benzene rings is 1. The fourth-order valence-electron chi connectivity index (χ4n) is 1.96. The van der Waals surface area contributed by atoms with E-state index in [0.717, 1.165) is 5.56 Å². The van der Waals surface area contributed by atoms with Gasteiger partial charge in [-0.3, -0.25) is 14.6 Å². The number of aromatic nitrogens is 1. The van der Waals surface area contributed by atoms with Crippen molar-refractivity contribution in [2.45, 2.75) is 18.4 Å². The molecule has 2 amide bonds. The normalized spacial score (nSPS) is 11.0. The van der Waals surface area contributed by atoms with Crippen LogP contribution in [0.1, 0.15) is 11.3 Å². The first-order valence-corrected chi connectivity index (χ1v) is 9.35. The summed E-state index contributed by atoms with van der Waals surface area (Å²) >= 11 is 0. The van der Waals surface area contributed by atoms with Crippen LogP contribution in [0.4, 0.5) is 0 Å². The van der Waals surface area contributed by atoms with Gasteiger partial charge in [-0.05, 0) is 31.2 Å². The lowest BCUT2D eigenvalue weighted by atomic mass is 10.2. The van der Waals surface area contributed by atoms with Gasteiger partial charge >= 0.3 is 0 Å². The standard InChI is InChI=1S/C17H20N4O4S/c1-13-5-7-15(8-6-13)26(24,25)21-12-17(23)20-11-16(22)19-10-14-4-2-3-9-18-14/h2-9,21H,10-12H2,1H3,(H,19,22)(H,20,23). The number of carbonyl (C=O) groups excluding carboxylic acids is 2. The molecule has 0 spiro atoms. The molecular weight excluding hydrogens is 356 g/mol. The first-order valence-electron chi connectivity index (χ1n) is 7.86. The molecule has 1 aromatic carbocycles. The van der Waals surface area contributed by atoms with Gasteiger partial charge in [0.2, 0.25) is 21.8 Å². The zero-order chi connectivity index (χ0) is 19.0. The largest absolute Gasteiger partial charge is 0.349 e. The molecule has 0 bridgehead atoms. The summed E-state index contributed by atoms with van der Waals surface area (Å²) in [6.07, 6.45) is 1.61. The van der Waals surface area contributed by atoms with Gasteiger partial charge < -0.3 is 10.6 Å². The van der Waals surface area contributed by atoms with Crippen LogP contribution in [-0.4, -0.2) is 38.3 Å². The number of nitrogens with zero attached hydrogens (tertiary/aromatic N) is 1. The first-order chi connectivity index (χ1) is 12.4. The number of hydrogen-bond acceptors (Lipinski definition) is 5. The van der Waals surface area contributed by atoms with Crippen LogP contribution in [0.25, 0.3) is 0 Å². The van der Waals surface area contributed by atoms with E-state index < -0.39 is 28.4 Å². The molecule has 9 heteroatoms. The van der Waals surface area contributed by atoms with E-state index in [1.54, 1.807) is 36.5 Å². The monoisotopic (exact) mass is 376 g/mol. The lowest BCUT2D eigenvalue weighted by Gasteiger charge is -2.08. The lowest BCUT2D eigenvalue weighted by molar-refractivity contribution is -0.125. The van der Waals surface area contributed by atoms with Crippen molar-refractivity contribution < 1.29 is 18.0 Å². The summed E-state index contributed by atoms with van der Waals surface area (Å²) in [5, 5.41) is 4.96. The van der Waals surface area contributed by atoms with E-state index in [4.69, 9.17) is 0 Å². The number of carbonyl (C=O) groups is 2. The summed E-state index contributed by atoms with van der Waals surface area (Å²) in [6, 6.07) is 11.6. The van der Waals surface area contributed by atoms with Gasteiger partial charge in [0, 0.05) is 6.20 Å². The van der Waals surface area contributed by atoms with Crippen LogP contribution in [0, 0.1) is 6.92 Å². The maximum atomic E-state index is 12.1. The number of nitrogens with one attached hydrogen (secondary N) is 3. The van der Waals surface area contributed by atoms with Crippen molar-refractivity contribution in [1.29, 1.82) is 0 Å². The SMILES string of the molecule is Cc1ccc(S(=O)(=O)NCC(=O)NCC(=O)NCc2ccccn2)cc1. The Balaban J connectivity index is 1.73. The summed E-state index contributed by atoms with van der Waals surface area (Å²) in [4.78, 5) is 27.5. The number of rotatable bonds is 8. The molecule has 0 radical (unpaired) electrons. The Morgan fingerprint density at radius 2 is 1.65 bits per heavy atom. The average molecular weight is 376 g/mol. The molecule has 0 aliphatic heterocycles. The van der Waals surface area contributed by atoms with E-state index in [9.17, 15) is 18.0 Å². The summed E-state index contributed by atoms with van der Waals surface area (Å²) in [6.45, 7) is 1.38. The molecule has 0 aliphatic carbocycles. The highest BCUT2D eigenvalue weighted by Gasteiger charge is 2.15. The second-order valence-corrected chi connectivity index (χ2v) is 7.28. The van der Waals surface area contributed by atoms with Gasteiger partial charge in [-0.1, -0.05) is 23.8 Å². The van der Waals surface area contributed by atoms with Crippen LogP contribution < -0.4 is 15.4 Å². The quantitative estimate of drug-likeness (QED) is 0.604. The predicted molar refractivity (Wildman–Crippen MR) is 95.5 cm³/mol. The Hall–Kier alpha value is -2.78. The third-order valence-electron chi connectivity index (χ3n) is 3.39. The zero-order valence-electron chi connectivity index (χ0n) is 14.2. The Bertz CT molecular complexity index is 852. The molecule has 8 nitrogen and oxygen atoms in total. The molecule has 0 aliphatic rings. The third-order valence-corrected chi connectivity index (χ3v) is 4.81. The van der Waals surface area contributed by atoms with Gasteiger partial charge in [-0.25, -0.2) is 13.1 Å². The van der Waals surface area contributed by atoms with Gasteiger partial charge in [0.25, 0.3) is 0 Å². The fourth-order valence-corrected chi connectivity index (χ4v) is 2.94. The van der Waals surface area contributed by atoms with E-state index in [2.05, 4.69) is 20.3 Å². The van der Waals surface area contributed by atoms with E-state index in [1.165, 1.54) is 12.1 Å². The maximum absolute atomic E-state index is 12.1. The van der Waals surface area contributed by atoms with E-state index in [-0.39, 0.29) is 18.0 Å². The molecule has 1 aromatic heterocycles. The Labute approximate surface area is 152 Å². The number of sulfonamides is 1. The van der Waals surface area contributed by atoms with Crippen molar-refractivity contribution in [1.82, 2.24) is 20.3 Å². The molecule has 1 heterocycles. The van der Waals surface area contributed by atoms with Crippen molar-refractivity contribution >= 4 is 21.8 Å². The first kappa shape index (κ1) is 19.5. The van der Waals surface area contributed by atoms with E-state index in [1.807, 2.05) is 6.92 Å². The average Bonchev–Trinajstić information content (AvgIpc) is 2.64. The number of hydrogen-bond donors (Lipinski definition) is 3. The maximum Gasteiger partial charge on any atom is 0.241 e. The highest BCUT2D eigenvalue weighted by molar-refractivity contribution is 7.89. The lowest BCUT2D eigenvalue weighted by Crippen LogP contribution is -2.41. The molecule has 26 heavy (non-hydrogen) atoms.